The highest BCUT2D eigenvalue weighted by Crippen LogP contribution is 2.54. The smallest absolute Gasteiger partial charge is 0.416 e. The number of ether oxygens (including phenoxy) is 1. The molecule has 2 aromatic rings. The Labute approximate surface area is 253 Å². The molecule has 2 aliphatic rings. The Bertz CT molecular complexity index is 1270. The molecule has 11 heteroatoms. The van der Waals surface area contributed by atoms with Crippen LogP contribution in [0.15, 0.2) is 42.5 Å². The summed E-state index contributed by atoms with van der Waals surface area (Å²) in [6.07, 6.45) is -10.4. The Kier molecular flexibility index (Phi) is 9.69. The van der Waals surface area contributed by atoms with Gasteiger partial charge in [-0.05, 0) is 89.8 Å². The van der Waals surface area contributed by atoms with E-state index in [2.05, 4.69) is 34.6 Å². The number of alkyl halides is 6. The van der Waals surface area contributed by atoms with E-state index in [0.717, 1.165) is 5.56 Å². The SMILES string of the molecule is CC(C)C(C1[C@H]2CC[C@@H](OCCc3cc(C(F)(F)F)cc(C(F)(F)F)c3)[C@H](c3ccc(F)cc3)[C@H]2CN1C(=O)O)C(C)(C)C. The molecule has 1 heterocycles. The van der Waals surface area contributed by atoms with Crippen LogP contribution >= 0.6 is 0 Å². The molecular weight excluding hydrogens is 591 g/mol. The fourth-order valence-electron chi connectivity index (χ4n) is 7.94. The predicted octanol–water partition coefficient (Wildman–Crippen LogP) is 9.28. The van der Waals surface area contributed by atoms with Gasteiger partial charge in [-0.2, -0.15) is 26.3 Å². The molecule has 1 aliphatic carbocycles. The molecule has 0 spiro atoms. The maximum atomic E-state index is 13.9. The zero-order valence-corrected chi connectivity index (χ0v) is 25.5. The Morgan fingerprint density at radius 2 is 1.50 bits per heavy atom. The van der Waals surface area contributed by atoms with E-state index in [4.69, 9.17) is 4.74 Å². The molecule has 1 aliphatic heterocycles. The second kappa shape index (κ2) is 12.5. The highest BCUT2D eigenvalue weighted by molar-refractivity contribution is 5.66. The second-order valence-electron chi connectivity index (χ2n) is 13.6. The maximum Gasteiger partial charge on any atom is 0.416 e. The number of rotatable bonds is 7. The average molecular weight is 632 g/mol. The molecule has 2 unspecified atom stereocenters. The predicted molar refractivity (Wildman–Crippen MR) is 152 cm³/mol. The topological polar surface area (TPSA) is 49.8 Å². The number of fused-ring (bicyclic) bond motifs is 1. The standard InChI is InChI=1S/C33H40F7NO3/c1-18(2)28(31(3,4)5)29-24-10-11-26(27(20-6-8-23(34)9-7-20)25(24)17-41(29)30(42)43)44-13-12-19-14-21(32(35,36)37)16-22(15-19)33(38,39)40/h6-9,14-16,18,24-29H,10-13,17H2,1-5H3,(H,42,43)/t24-,25-,26+,27+,28?,29?/m0/s1. The molecular formula is C33H40F7NO3. The van der Waals surface area contributed by atoms with Crippen molar-refractivity contribution in [3.05, 3.63) is 70.5 Å². The van der Waals surface area contributed by atoms with E-state index in [-0.39, 0.29) is 72.2 Å². The number of nitrogens with zero attached hydrogens (tertiary/aromatic N) is 1. The third kappa shape index (κ3) is 7.35. The Morgan fingerprint density at radius 3 is 1.98 bits per heavy atom. The van der Waals surface area contributed by atoms with Crippen LogP contribution in [0.2, 0.25) is 0 Å². The van der Waals surface area contributed by atoms with Crippen molar-refractivity contribution < 1.29 is 45.4 Å². The molecule has 0 aromatic heterocycles. The van der Waals surface area contributed by atoms with Gasteiger partial charge in [-0.15, -0.1) is 0 Å². The van der Waals surface area contributed by atoms with Gasteiger partial charge in [-0.3, -0.25) is 0 Å². The number of carboxylic acid groups (broad SMARTS) is 1. The molecule has 1 N–H and O–H groups in total. The van der Waals surface area contributed by atoms with E-state index in [1.807, 2.05) is 0 Å². The van der Waals surface area contributed by atoms with Gasteiger partial charge in [0.2, 0.25) is 0 Å². The Hall–Kier alpha value is -2.82. The molecule has 1 saturated heterocycles. The summed E-state index contributed by atoms with van der Waals surface area (Å²) in [5.41, 5.74) is -2.34. The van der Waals surface area contributed by atoms with Crippen molar-refractivity contribution in [1.82, 2.24) is 4.90 Å². The maximum absolute atomic E-state index is 13.9. The molecule has 4 nitrogen and oxygen atoms in total. The summed E-state index contributed by atoms with van der Waals surface area (Å²) in [6.45, 7) is 10.6. The highest BCUT2D eigenvalue weighted by atomic mass is 19.4. The summed E-state index contributed by atoms with van der Waals surface area (Å²) in [4.78, 5) is 14.1. The fraction of sp³-hybridized carbons (Fsp3) is 0.606. The molecule has 1 amide bonds. The fourth-order valence-corrected chi connectivity index (χ4v) is 7.94. The quantitative estimate of drug-likeness (QED) is 0.310. The molecule has 2 fully saturated rings. The van der Waals surface area contributed by atoms with Crippen molar-refractivity contribution in [3.8, 4) is 0 Å². The number of hydrogen-bond donors (Lipinski definition) is 1. The largest absolute Gasteiger partial charge is 0.465 e. The summed E-state index contributed by atoms with van der Waals surface area (Å²) in [5.74, 6) is -0.731. The van der Waals surface area contributed by atoms with Gasteiger partial charge in [0, 0.05) is 18.5 Å². The first-order chi connectivity index (χ1) is 20.3. The van der Waals surface area contributed by atoms with Crippen LogP contribution in [-0.2, 0) is 23.5 Å². The molecule has 2 aromatic carbocycles. The summed E-state index contributed by atoms with van der Waals surface area (Å²) >= 11 is 0. The summed E-state index contributed by atoms with van der Waals surface area (Å²) < 4.78 is 100. The van der Waals surface area contributed by atoms with E-state index < -0.39 is 41.5 Å². The van der Waals surface area contributed by atoms with E-state index in [1.54, 1.807) is 12.1 Å². The summed E-state index contributed by atoms with van der Waals surface area (Å²) in [6, 6.07) is 7.19. The van der Waals surface area contributed by atoms with Gasteiger partial charge in [0.1, 0.15) is 5.82 Å². The van der Waals surface area contributed by atoms with Crippen LogP contribution in [0.1, 0.15) is 75.6 Å². The van der Waals surface area contributed by atoms with Crippen LogP contribution < -0.4 is 0 Å². The number of hydrogen-bond acceptors (Lipinski definition) is 2. The van der Waals surface area contributed by atoms with Crippen molar-refractivity contribution in [3.63, 3.8) is 0 Å². The van der Waals surface area contributed by atoms with E-state index >= 15 is 0 Å². The zero-order chi connectivity index (χ0) is 32.8. The van der Waals surface area contributed by atoms with Crippen molar-refractivity contribution in [2.24, 2.45) is 29.1 Å². The first-order valence-corrected chi connectivity index (χ1v) is 14.9. The number of benzene rings is 2. The lowest BCUT2D eigenvalue weighted by Crippen LogP contribution is -2.49. The van der Waals surface area contributed by atoms with Gasteiger partial charge < -0.3 is 14.7 Å². The number of halogens is 7. The van der Waals surface area contributed by atoms with E-state index in [1.165, 1.54) is 17.0 Å². The van der Waals surface area contributed by atoms with Crippen LogP contribution in [0.4, 0.5) is 35.5 Å². The van der Waals surface area contributed by atoms with Gasteiger partial charge in [0.15, 0.2) is 0 Å². The molecule has 6 atom stereocenters. The number of carbonyl (C=O) groups is 1. The minimum atomic E-state index is -4.95. The molecule has 0 bridgehead atoms. The van der Waals surface area contributed by atoms with Gasteiger partial charge in [0.05, 0.1) is 23.8 Å². The van der Waals surface area contributed by atoms with Gasteiger partial charge in [-0.1, -0.05) is 46.8 Å². The monoisotopic (exact) mass is 631 g/mol. The first-order valence-electron chi connectivity index (χ1n) is 14.9. The third-order valence-electron chi connectivity index (χ3n) is 9.36. The third-order valence-corrected chi connectivity index (χ3v) is 9.36. The van der Waals surface area contributed by atoms with Gasteiger partial charge in [0.25, 0.3) is 0 Å². The first kappa shape index (κ1) is 34.1. The van der Waals surface area contributed by atoms with Crippen LogP contribution in [0.5, 0.6) is 0 Å². The van der Waals surface area contributed by atoms with Crippen LogP contribution in [-0.4, -0.2) is 41.4 Å². The van der Waals surface area contributed by atoms with Crippen molar-refractivity contribution in [1.29, 1.82) is 0 Å². The van der Waals surface area contributed by atoms with Crippen LogP contribution in [0, 0.1) is 34.9 Å². The van der Waals surface area contributed by atoms with Crippen molar-refractivity contribution in [2.75, 3.05) is 13.2 Å². The lowest BCUT2D eigenvalue weighted by molar-refractivity contribution is -0.143. The second-order valence-corrected chi connectivity index (χ2v) is 13.6. The molecule has 244 valence electrons. The van der Waals surface area contributed by atoms with E-state index in [9.17, 15) is 40.6 Å². The zero-order valence-electron chi connectivity index (χ0n) is 25.5. The normalized spacial score (nSPS) is 25.3. The minimum Gasteiger partial charge on any atom is -0.465 e. The lowest BCUT2D eigenvalue weighted by Gasteiger charge is -2.46. The molecule has 44 heavy (non-hydrogen) atoms. The van der Waals surface area contributed by atoms with Gasteiger partial charge >= 0.3 is 18.4 Å². The summed E-state index contributed by atoms with van der Waals surface area (Å²) in [7, 11) is 0. The van der Waals surface area contributed by atoms with Gasteiger partial charge in [-0.25, -0.2) is 9.18 Å². The van der Waals surface area contributed by atoms with E-state index in [0.29, 0.717) is 25.0 Å². The van der Waals surface area contributed by atoms with Crippen LogP contribution in [0.3, 0.4) is 0 Å². The highest BCUT2D eigenvalue weighted by Gasteiger charge is 2.56. The average Bonchev–Trinajstić information content (AvgIpc) is 3.26. The summed E-state index contributed by atoms with van der Waals surface area (Å²) in [5, 5.41) is 10.3. The lowest BCUT2D eigenvalue weighted by atomic mass is 9.61. The molecule has 1 saturated carbocycles. The number of amides is 1. The van der Waals surface area contributed by atoms with Crippen LogP contribution in [0.25, 0.3) is 0 Å². The van der Waals surface area contributed by atoms with Crippen molar-refractivity contribution >= 4 is 6.09 Å². The minimum absolute atomic E-state index is 0.00885. The number of likely N-dealkylation sites (tertiary alicyclic amines) is 1. The Balaban J connectivity index is 1.64. The molecule has 0 radical (unpaired) electrons. The molecule has 4 rings (SSSR count). The Morgan fingerprint density at radius 1 is 0.932 bits per heavy atom. The van der Waals surface area contributed by atoms with Crippen molar-refractivity contribution in [2.45, 2.75) is 84.3 Å².